The summed E-state index contributed by atoms with van der Waals surface area (Å²) < 4.78 is 19.4. The van der Waals surface area contributed by atoms with Gasteiger partial charge in [0.15, 0.2) is 11.6 Å². The highest BCUT2D eigenvalue weighted by Gasteiger charge is 2.14. The van der Waals surface area contributed by atoms with Crippen LogP contribution in [0.2, 0.25) is 10.0 Å². The Labute approximate surface area is 127 Å². The lowest BCUT2D eigenvalue weighted by Crippen LogP contribution is -1.92. The number of hydrogen-bond acceptors (Lipinski definition) is 2. The molecule has 0 bridgehead atoms. The highest BCUT2D eigenvalue weighted by molar-refractivity contribution is 9.10. The Hall–Kier alpha value is -1.28. The van der Waals surface area contributed by atoms with Gasteiger partial charge in [0, 0.05) is 11.1 Å². The smallest absolute Gasteiger partial charge is 0.181 e. The normalized spacial score (nSPS) is 10.1. The number of benzene rings is 2. The highest BCUT2D eigenvalue weighted by atomic mass is 79.9. The van der Waals surface area contributed by atoms with Gasteiger partial charge in [-0.1, -0.05) is 23.2 Å². The minimum Gasteiger partial charge on any atom is -0.453 e. The van der Waals surface area contributed by atoms with E-state index < -0.39 is 5.82 Å². The van der Waals surface area contributed by atoms with E-state index in [1.807, 2.05) is 6.07 Å². The quantitative estimate of drug-likeness (QED) is 0.702. The van der Waals surface area contributed by atoms with Gasteiger partial charge in [0.25, 0.3) is 0 Å². The van der Waals surface area contributed by atoms with Crippen molar-refractivity contribution < 1.29 is 9.13 Å². The van der Waals surface area contributed by atoms with Gasteiger partial charge in [-0.15, -0.1) is 0 Å². The van der Waals surface area contributed by atoms with Gasteiger partial charge in [-0.3, -0.25) is 0 Å². The second kappa shape index (κ2) is 5.79. The first-order chi connectivity index (χ1) is 9.02. The predicted molar refractivity (Wildman–Crippen MR) is 75.4 cm³/mol. The molecule has 0 heterocycles. The van der Waals surface area contributed by atoms with Crippen LogP contribution in [0.5, 0.6) is 11.5 Å². The molecule has 0 aliphatic rings. The van der Waals surface area contributed by atoms with E-state index >= 15 is 0 Å². The van der Waals surface area contributed by atoms with Crippen molar-refractivity contribution in [2.45, 2.75) is 0 Å². The van der Waals surface area contributed by atoms with E-state index in [0.717, 1.165) is 0 Å². The molecular weight excluding hydrogens is 356 g/mol. The first-order valence-electron chi connectivity index (χ1n) is 5.04. The Bertz CT molecular complexity index is 685. The third-order valence-corrected chi connectivity index (χ3v) is 3.60. The Morgan fingerprint density at radius 1 is 1.16 bits per heavy atom. The second-order valence-corrected chi connectivity index (χ2v) is 5.16. The standard InChI is InChI=1S/C13H5BrCl2FNO/c14-12-7(6-18)1-4-10(13(12)17)19-11-5-8(15)2-3-9(11)16/h1-5H. The molecule has 0 N–H and O–H groups in total. The average molecular weight is 361 g/mol. The fourth-order valence-corrected chi connectivity index (χ4v) is 2.11. The highest BCUT2D eigenvalue weighted by Crippen LogP contribution is 2.35. The summed E-state index contributed by atoms with van der Waals surface area (Å²) in [5, 5.41) is 9.51. The zero-order valence-electron chi connectivity index (χ0n) is 9.25. The van der Waals surface area contributed by atoms with E-state index in [1.54, 1.807) is 12.1 Å². The molecule has 0 amide bonds. The first-order valence-corrected chi connectivity index (χ1v) is 6.59. The van der Waals surface area contributed by atoms with E-state index in [9.17, 15) is 4.39 Å². The molecule has 0 atom stereocenters. The van der Waals surface area contributed by atoms with Crippen molar-refractivity contribution in [2.24, 2.45) is 0 Å². The lowest BCUT2D eigenvalue weighted by Gasteiger charge is -2.10. The van der Waals surface area contributed by atoms with Crippen LogP contribution in [-0.4, -0.2) is 0 Å². The molecule has 6 heteroatoms. The summed E-state index contributed by atoms with van der Waals surface area (Å²) >= 11 is 14.7. The van der Waals surface area contributed by atoms with Crippen LogP contribution in [0.1, 0.15) is 5.56 Å². The van der Waals surface area contributed by atoms with E-state index in [-0.39, 0.29) is 21.5 Å². The second-order valence-electron chi connectivity index (χ2n) is 3.53. The van der Waals surface area contributed by atoms with Gasteiger partial charge >= 0.3 is 0 Å². The van der Waals surface area contributed by atoms with Crippen molar-refractivity contribution in [1.29, 1.82) is 5.26 Å². The van der Waals surface area contributed by atoms with E-state index in [2.05, 4.69) is 15.9 Å². The molecule has 0 saturated carbocycles. The lowest BCUT2D eigenvalue weighted by molar-refractivity contribution is 0.440. The number of ether oxygens (including phenoxy) is 1. The van der Waals surface area contributed by atoms with Crippen molar-refractivity contribution in [2.75, 3.05) is 0 Å². The zero-order valence-corrected chi connectivity index (χ0v) is 12.4. The summed E-state index contributed by atoms with van der Waals surface area (Å²) in [6.45, 7) is 0. The number of nitrogens with zero attached hydrogens (tertiary/aromatic N) is 1. The van der Waals surface area contributed by atoms with Crippen LogP contribution in [0.3, 0.4) is 0 Å². The molecule has 0 spiro atoms. The summed E-state index contributed by atoms with van der Waals surface area (Å²) in [5.41, 5.74) is 0.182. The van der Waals surface area contributed by atoms with Crippen molar-refractivity contribution >= 4 is 39.1 Å². The van der Waals surface area contributed by atoms with Gasteiger partial charge in [-0.2, -0.15) is 5.26 Å². The molecule has 0 aromatic heterocycles. The third kappa shape index (κ3) is 3.01. The molecule has 0 aliphatic carbocycles. The topological polar surface area (TPSA) is 33.0 Å². The number of rotatable bonds is 2. The predicted octanol–water partition coefficient (Wildman–Crippen LogP) is 5.56. The summed E-state index contributed by atoms with van der Waals surface area (Å²) in [7, 11) is 0. The van der Waals surface area contributed by atoms with Gasteiger partial charge < -0.3 is 4.74 Å². The van der Waals surface area contributed by atoms with Gasteiger partial charge in [0.2, 0.25) is 0 Å². The number of hydrogen-bond donors (Lipinski definition) is 0. The van der Waals surface area contributed by atoms with Crippen LogP contribution in [0.25, 0.3) is 0 Å². The Morgan fingerprint density at radius 3 is 2.58 bits per heavy atom. The molecule has 2 aromatic rings. The SMILES string of the molecule is N#Cc1ccc(Oc2cc(Cl)ccc2Cl)c(F)c1Br. The summed E-state index contributed by atoms with van der Waals surface area (Å²) in [6.07, 6.45) is 0. The van der Waals surface area contributed by atoms with E-state index in [0.29, 0.717) is 10.0 Å². The van der Waals surface area contributed by atoms with Crippen LogP contribution >= 0.6 is 39.1 Å². The first kappa shape index (κ1) is 14.1. The maximum Gasteiger partial charge on any atom is 0.181 e. The van der Waals surface area contributed by atoms with Crippen molar-refractivity contribution in [3.05, 3.63) is 56.2 Å². The maximum atomic E-state index is 14.0. The van der Waals surface area contributed by atoms with Crippen LogP contribution < -0.4 is 4.74 Å². The van der Waals surface area contributed by atoms with Gasteiger partial charge in [0.05, 0.1) is 15.1 Å². The maximum absolute atomic E-state index is 14.0. The molecule has 0 fully saturated rings. The summed E-state index contributed by atoms with van der Waals surface area (Å²) in [5.74, 6) is -0.477. The molecule has 19 heavy (non-hydrogen) atoms. The Balaban J connectivity index is 2.42. The largest absolute Gasteiger partial charge is 0.453 e. The van der Waals surface area contributed by atoms with Crippen LogP contribution in [-0.2, 0) is 0 Å². The average Bonchev–Trinajstić information content (AvgIpc) is 2.39. The van der Waals surface area contributed by atoms with Crippen molar-refractivity contribution in [1.82, 2.24) is 0 Å². The molecule has 0 unspecified atom stereocenters. The van der Waals surface area contributed by atoms with Crippen molar-refractivity contribution in [3.63, 3.8) is 0 Å². The zero-order chi connectivity index (χ0) is 14.0. The Morgan fingerprint density at radius 2 is 1.89 bits per heavy atom. The molecular formula is C13H5BrCl2FNO. The summed E-state index contributed by atoms with van der Waals surface area (Å²) in [6, 6.07) is 9.29. The van der Waals surface area contributed by atoms with Crippen molar-refractivity contribution in [3.8, 4) is 17.6 Å². The van der Waals surface area contributed by atoms with Gasteiger partial charge in [-0.25, -0.2) is 4.39 Å². The monoisotopic (exact) mass is 359 g/mol. The van der Waals surface area contributed by atoms with Gasteiger partial charge in [-0.05, 0) is 40.2 Å². The number of nitriles is 1. The molecule has 96 valence electrons. The molecule has 2 rings (SSSR count). The lowest BCUT2D eigenvalue weighted by atomic mass is 10.2. The fourth-order valence-electron chi connectivity index (χ4n) is 1.37. The van der Waals surface area contributed by atoms with E-state index in [4.69, 9.17) is 33.2 Å². The minimum atomic E-state index is -0.671. The van der Waals surface area contributed by atoms with Crippen LogP contribution in [0, 0.1) is 17.1 Å². The van der Waals surface area contributed by atoms with E-state index in [1.165, 1.54) is 18.2 Å². The molecule has 0 radical (unpaired) electrons. The van der Waals surface area contributed by atoms with Crippen LogP contribution in [0.15, 0.2) is 34.8 Å². The Kier molecular flexibility index (Phi) is 4.31. The summed E-state index contributed by atoms with van der Waals surface area (Å²) in [4.78, 5) is 0. The third-order valence-electron chi connectivity index (χ3n) is 2.28. The molecule has 2 aromatic carbocycles. The minimum absolute atomic E-state index is 0.0463. The molecule has 0 aliphatic heterocycles. The van der Waals surface area contributed by atoms with Gasteiger partial charge in [0.1, 0.15) is 11.8 Å². The number of halogens is 4. The molecule has 0 saturated heterocycles. The van der Waals surface area contributed by atoms with Crippen LogP contribution in [0.4, 0.5) is 4.39 Å². The fraction of sp³-hybridized carbons (Fsp3) is 0. The molecule has 2 nitrogen and oxygen atoms in total.